The minimum Gasteiger partial charge on any atom is -0.295 e. The monoisotopic (exact) mass is 444 g/mol. The van der Waals surface area contributed by atoms with Crippen molar-refractivity contribution in [2.24, 2.45) is 0 Å². The number of rotatable bonds is 4. The van der Waals surface area contributed by atoms with Crippen molar-refractivity contribution in [2.75, 3.05) is 18.0 Å². The molecule has 0 aliphatic carbocycles. The fourth-order valence-electron chi connectivity index (χ4n) is 5.25. The third-order valence-corrected chi connectivity index (χ3v) is 6.78. The first-order chi connectivity index (χ1) is 15.9. The number of aromatic nitrogens is 1. The normalized spacial score (nSPS) is 21.9. The highest BCUT2D eigenvalue weighted by Crippen LogP contribution is 2.45. The number of pyridine rings is 1. The SMILES string of the molecule is O=C1CCC(N2C(=O)c3ccc(C4(F)CN(Cc5ccccc5)C4)c4nccc2c34)C(=O)N1. The van der Waals surface area contributed by atoms with E-state index < -0.39 is 17.6 Å². The van der Waals surface area contributed by atoms with Crippen LogP contribution in [0.5, 0.6) is 0 Å². The molecule has 0 spiro atoms. The van der Waals surface area contributed by atoms with Crippen molar-refractivity contribution in [3.8, 4) is 0 Å². The molecule has 1 aromatic heterocycles. The molecule has 1 N–H and O–H groups in total. The number of hydrogen-bond acceptors (Lipinski definition) is 5. The summed E-state index contributed by atoms with van der Waals surface area (Å²) in [5, 5.41) is 2.88. The number of imide groups is 1. The third-order valence-electron chi connectivity index (χ3n) is 6.78. The molecule has 0 saturated carbocycles. The summed E-state index contributed by atoms with van der Waals surface area (Å²) in [5.74, 6) is -1.15. The van der Waals surface area contributed by atoms with Gasteiger partial charge in [-0.2, -0.15) is 0 Å². The molecular formula is C25H21FN4O3. The number of benzene rings is 2. The van der Waals surface area contributed by atoms with Gasteiger partial charge in [0.25, 0.3) is 5.91 Å². The van der Waals surface area contributed by atoms with Crippen LogP contribution in [0.25, 0.3) is 10.9 Å². The van der Waals surface area contributed by atoms with Crippen molar-refractivity contribution in [3.05, 3.63) is 71.4 Å². The molecule has 33 heavy (non-hydrogen) atoms. The zero-order valence-corrected chi connectivity index (χ0v) is 17.8. The van der Waals surface area contributed by atoms with Gasteiger partial charge in [0.1, 0.15) is 6.04 Å². The molecule has 3 aliphatic heterocycles. The Labute approximate surface area is 189 Å². The highest BCUT2D eigenvalue weighted by atomic mass is 19.1. The number of nitrogens with zero attached hydrogens (tertiary/aromatic N) is 3. The Morgan fingerprint density at radius 1 is 1.06 bits per heavy atom. The zero-order chi connectivity index (χ0) is 22.7. The maximum Gasteiger partial charge on any atom is 0.259 e. The van der Waals surface area contributed by atoms with Crippen molar-refractivity contribution in [1.82, 2.24) is 15.2 Å². The second-order valence-electron chi connectivity index (χ2n) is 8.95. The van der Waals surface area contributed by atoms with Crippen molar-refractivity contribution in [3.63, 3.8) is 0 Å². The number of halogens is 1. The number of alkyl halides is 1. The van der Waals surface area contributed by atoms with Crippen molar-refractivity contribution in [1.29, 1.82) is 0 Å². The van der Waals surface area contributed by atoms with Gasteiger partial charge < -0.3 is 0 Å². The summed E-state index contributed by atoms with van der Waals surface area (Å²) in [6, 6.07) is 14.1. The molecule has 1 atom stereocenters. The van der Waals surface area contributed by atoms with E-state index in [1.54, 1.807) is 24.4 Å². The molecule has 6 rings (SSSR count). The van der Waals surface area contributed by atoms with Crippen LogP contribution in [0.15, 0.2) is 54.7 Å². The van der Waals surface area contributed by atoms with Gasteiger partial charge in [-0.3, -0.25) is 34.5 Å². The molecule has 3 aromatic rings. The van der Waals surface area contributed by atoms with Crippen LogP contribution >= 0.6 is 0 Å². The number of nitrogens with one attached hydrogen (secondary N) is 1. The Balaban J connectivity index is 1.34. The number of amides is 3. The lowest BCUT2D eigenvalue weighted by atomic mass is 9.85. The molecule has 3 aliphatic rings. The summed E-state index contributed by atoms with van der Waals surface area (Å²) >= 11 is 0. The maximum atomic E-state index is 16.0. The lowest BCUT2D eigenvalue weighted by molar-refractivity contribution is -0.134. The van der Waals surface area contributed by atoms with Gasteiger partial charge in [0.15, 0.2) is 5.67 Å². The van der Waals surface area contributed by atoms with Gasteiger partial charge >= 0.3 is 0 Å². The molecule has 0 bridgehead atoms. The van der Waals surface area contributed by atoms with E-state index in [0.29, 0.717) is 34.3 Å². The maximum absolute atomic E-state index is 16.0. The quantitative estimate of drug-likeness (QED) is 0.626. The predicted molar refractivity (Wildman–Crippen MR) is 119 cm³/mol. The standard InChI is InChI=1S/C25H21FN4O3/c26-25(13-29(14-25)12-15-4-2-1-3-5-15)17-7-6-16-21-18(10-11-27-22(17)21)30(24(16)33)19-8-9-20(31)28-23(19)32/h1-7,10-11,19H,8-9,12-14H2,(H,28,31,32). The molecule has 0 radical (unpaired) electrons. The average Bonchev–Trinajstić information content (AvgIpc) is 3.07. The Bertz CT molecular complexity index is 1320. The van der Waals surface area contributed by atoms with Crippen LogP contribution in [0, 0.1) is 0 Å². The lowest BCUT2D eigenvalue weighted by Gasteiger charge is -2.45. The fourth-order valence-corrected chi connectivity index (χ4v) is 5.25. The van der Waals surface area contributed by atoms with Crippen LogP contribution in [0.4, 0.5) is 10.1 Å². The number of likely N-dealkylation sites (tertiary alicyclic amines) is 1. The number of carbonyl (C=O) groups is 3. The molecule has 166 valence electrons. The molecule has 2 fully saturated rings. The Morgan fingerprint density at radius 2 is 1.85 bits per heavy atom. The van der Waals surface area contributed by atoms with E-state index in [1.165, 1.54) is 4.90 Å². The minimum absolute atomic E-state index is 0.168. The van der Waals surface area contributed by atoms with Gasteiger partial charge in [0.05, 0.1) is 16.8 Å². The lowest BCUT2D eigenvalue weighted by Crippen LogP contribution is -2.56. The van der Waals surface area contributed by atoms with E-state index in [2.05, 4.69) is 10.3 Å². The molecule has 7 nitrogen and oxygen atoms in total. The van der Waals surface area contributed by atoms with Crippen LogP contribution < -0.4 is 10.2 Å². The number of piperidine rings is 1. The smallest absolute Gasteiger partial charge is 0.259 e. The second-order valence-corrected chi connectivity index (χ2v) is 8.95. The van der Waals surface area contributed by atoms with Crippen LogP contribution in [0.3, 0.4) is 0 Å². The summed E-state index contributed by atoms with van der Waals surface area (Å²) in [7, 11) is 0. The van der Waals surface area contributed by atoms with E-state index in [1.807, 2.05) is 35.2 Å². The van der Waals surface area contributed by atoms with Crippen LogP contribution in [-0.4, -0.2) is 46.7 Å². The summed E-state index contributed by atoms with van der Waals surface area (Å²) in [6.45, 7) is 1.16. The topological polar surface area (TPSA) is 82.6 Å². The molecule has 4 heterocycles. The number of anilines is 1. The third kappa shape index (κ3) is 3.05. The minimum atomic E-state index is -1.57. The summed E-state index contributed by atoms with van der Waals surface area (Å²) in [6.07, 6.45) is 1.97. The highest BCUT2D eigenvalue weighted by Gasteiger charge is 2.48. The van der Waals surface area contributed by atoms with Gasteiger partial charge in [-0.05, 0) is 24.1 Å². The summed E-state index contributed by atoms with van der Waals surface area (Å²) in [4.78, 5) is 45.2. The summed E-state index contributed by atoms with van der Waals surface area (Å²) in [5.41, 5.74) is 1.43. The fraction of sp³-hybridized carbons (Fsp3) is 0.280. The summed E-state index contributed by atoms with van der Waals surface area (Å²) < 4.78 is 16.0. The first-order valence-corrected chi connectivity index (χ1v) is 11.0. The van der Waals surface area contributed by atoms with E-state index >= 15 is 4.39 Å². The molecule has 1 unspecified atom stereocenters. The Kier molecular flexibility index (Phi) is 4.35. The molecule has 2 aromatic carbocycles. The molecule has 2 saturated heterocycles. The highest BCUT2D eigenvalue weighted by molar-refractivity contribution is 6.27. The number of carbonyl (C=O) groups excluding carboxylic acids is 3. The van der Waals surface area contributed by atoms with Crippen LogP contribution in [0.1, 0.15) is 34.3 Å². The predicted octanol–water partition coefficient (Wildman–Crippen LogP) is 2.68. The first kappa shape index (κ1) is 20.0. The van der Waals surface area contributed by atoms with E-state index in [0.717, 1.165) is 5.56 Å². The molecule has 3 amide bonds. The van der Waals surface area contributed by atoms with E-state index in [9.17, 15) is 14.4 Å². The van der Waals surface area contributed by atoms with Crippen LogP contribution in [-0.2, 0) is 21.8 Å². The van der Waals surface area contributed by atoms with Gasteiger partial charge in [-0.25, -0.2) is 4.39 Å². The van der Waals surface area contributed by atoms with E-state index in [-0.39, 0.29) is 37.7 Å². The first-order valence-electron chi connectivity index (χ1n) is 11.0. The molecular weight excluding hydrogens is 423 g/mol. The van der Waals surface area contributed by atoms with Gasteiger partial charge in [-0.15, -0.1) is 0 Å². The Hall–Kier alpha value is -3.65. The van der Waals surface area contributed by atoms with Crippen molar-refractivity contribution >= 4 is 34.3 Å². The van der Waals surface area contributed by atoms with E-state index in [4.69, 9.17) is 0 Å². The average molecular weight is 444 g/mol. The van der Waals surface area contributed by atoms with Gasteiger partial charge in [-0.1, -0.05) is 36.4 Å². The number of hydrogen-bond donors (Lipinski definition) is 1. The molecule has 8 heteroatoms. The Morgan fingerprint density at radius 3 is 2.61 bits per heavy atom. The van der Waals surface area contributed by atoms with Crippen molar-refractivity contribution < 1.29 is 18.8 Å². The van der Waals surface area contributed by atoms with Gasteiger partial charge in [0.2, 0.25) is 11.8 Å². The van der Waals surface area contributed by atoms with Gasteiger partial charge in [0, 0.05) is 43.2 Å². The zero-order valence-electron chi connectivity index (χ0n) is 17.8. The largest absolute Gasteiger partial charge is 0.295 e. The van der Waals surface area contributed by atoms with Crippen LogP contribution in [0.2, 0.25) is 0 Å². The van der Waals surface area contributed by atoms with Crippen molar-refractivity contribution in [2.45, 2.75) is 31.1 Å². The second kappa shape index (κ2) is 7.18.